The molecule has 4 heterocycles. The Hall–Kier alpha value is -3.48. The average molecular weight is 397 g/mol. The maximum absolute atomic E-state index is 13.4. The van der Waals surface area contributed by atoms with Crippen LogP contribution in [-0.2, 0) is 16.0 Å². The van der Waals surface area contributed by atoms with Crippen molar-refractivity contribution in [2.75, 3.05) is 20.3 Å². The van der Waals surface area contributed by atoms with Crippen LogP contribution < -0.4 is 9.47 Å². The second-order valence-corrected chi connectivity index (χ2v) is 7.04. The summed E-state index contributed by atoms with van der Waals surface area (Å²) >= 11 is 0. The number of hydrogen-bond donors (Lipinski definition) is 1. The zero-order valence-corrected chi connectivity index (χ0v) is 15.2. The zero-order valence-electron chi connectivity index (χ0n) is 23.2. The third-order valence-electron chi connectivity index (χ3n) is 5.35. The molecule has 2 atom stereocenters. The van der Waals surface area contributed by atoms with E-state index in [1.807, 2.05) is 0 Å². The van der Waals surface area contributed by atoms with Gasteiger partial charge in [0.2, 0.25) is 18.6 Å². The van der Waals surface area contributed by atoms with Crippen LogP contribution in [0.2, 0.25) is 0 Å². The van der Waals surface area contributed by atoms with Crippen LogP contribution in [0.3, 0.4) is 0 Å². The SMILES string of the molecule is [2H]c1c([2H])c([2H])c2c3c([nH]c2c1[2H])[C@@]([2H])(c1ccc2c(c1)OC([2H])([2H])O2)N1C(=O)CN(C)C(=O)[C@@]1([2H])C3. The molecule has 2 amide bonds. The number of aromatic amines is 1. The molecule has 0 radical (unpaired) electrons. The number of rotatable bonds is 1. The fourth-order valence-electron chi connectivity index (χ4n) is 4.05. The lowest BCUT2D eigenvalue weighted by Gasteiger charge is -2.46. The van der Waals surface area contributed by atoms with Gasteiger partial charge in [0.25, 0.3) is 0 Å². The molecular weight excluding hydrogens is 370 g/mol. The summed E-state index contributed by atoms with van der Waals surface area (Å²) in [6, 6.07) is -2.33. The van der Waals surface area contributed by atoms with Crippen LogP contribution in [0.5, 0.6) is 11.5 Å². The number of para-hydroxylation sites is 1. The van der Waals surface area contributed by atoms with Gasteiger partial charge >= 0.3 is 0 Å². The van der Waals surface area contributed by atoms with E-state index in [1.165, 1.54) is 25.2 Å². The molecular formula is C22H19N3O4. The fraction of sp³-hybridized carbons (Fsp3) is 0.273. The van der Waals surface area contributed by atoms with E-state index in [9.17, 15) is 12.3 Å². The van der Waals surface area contributed by atoms with Crippen LogP contribution >= 0.6 is 0 Å². The molecule has 0 aliphatic carbocycles. The van der Waals surface area contributed by atoms with Crippen LogP contribution in [0.25, 0.3) is 10.9 Å². The van der Waals surface area contributed by atoms with E-state index in [0.29, 0.717) is 0 Å². The summed E-state index contributed by atoms with van der Waals surface area (Å²) in [4.78, 5) is 31.6. The molecule has 0 saturated carbocycles. The number of piperazine rings is 1. The number of aromatic nitrogens is 1. The molecule has 1 saturated heterocycles. The van der Waals surface area contributed by atoms with Crippen LogP contribution in [0.1, 0.15) is 33.8 Å². The molecule has 6 rings (SSSR count). The highest BCUT2D eigenvalue weighted by atomic mass is 16.7. The number of likely N-dealkylation sites (N-methyl/N-ethyl adjacent to an activating group) is 1. The maximum atomic E-state index is 13.4. The van der Waals surface area contributed by atoms with E-state index in [0.717, 1.165) is 9.80 Å². The Kier molecular flexibility index (Phi) is 2.05. The van der Waals surface area contributed by atoms with Gasteiger partial charge in [0.15, 0.2) is 11.5 Å². The quantitative estimate of drug-likeness (QED) is 0.683. The van der Waals surface area contributed by atoms with Gasteiger partial charge in [0, 0.05) is 30.1 Å². The predicted molar refractivity (Wildman–Crippen MR) is 105 cm³/mol. The summed E-state index contributed by atoms with van der Waals surface area (Å²) in [6.45, 7) is -2.84. The van der Waals surface area contributed by atoms with Crippen molar-refractivity contribution in [3.63, 3.8) is 0 Å². The number of ether oxygens (including phenoxy) is 2. The summed E-state index contributed by atoms with van der Waals surface area (Å²) in [5, 5.41) is 0.0365. The van der Waals surface area contributed by atoms with Gasteiger partial charge in [-0.25, -0.2) is 0 Å². The minimum Gasteiger partial charge on any atom is -0.454 e. The number of H-pyrrole nitrogens is 1. The smallest absolute Gasteiger partial charge is 0.245 e. The normalized spacial score (nSPS) is 33.6. The molecule has 1 fully saturated rings. The highest BCUT2D eigenvalue weighted by Gasteiger charge is 2.47. The third kappa shape index (κ3) is 2.24. The molecule has 29 heavy (non-hydrogen) atoms. The molecule has 0 unspecified atom stereocenters. The van der Waals surface area contributed by atoms with Crippen molar-refractivity contribution in [2.24, 2.45) is 0 Å². The maximum Gasteiger partial charge on any atom is 0.245 e. The number of fused-ring (bicyclic) bond motifs is 5. The lowest BCUT2D eigenvalue weighted by atomic mass is 9.86. The first kappa shape index (κ1) is 10.3. The van der Waals surface area contributed by atoms with Crippen molar-refractivity contribution < 1.29 is 30.0 Å². The van der Waals surface area contributed by atoms with Crippen molar-refractivity contribution in [1.82, 2.24) is 14.8 Å². The highest BCUT2D eigenvalue weighted by Crippen LogP contribution is 2.44. The monoisotopic (exact) mass is 397 g/mol. The van der Waals surface area contributed by atoms with Gasteiger partial charge in [-0.15, -0.1) is 0 Å². The molecule has 0 bridgehead atoms. The third-order valence-corrected chi connectivity index (χ3v) is 5.35. The fourth-order valence-corrected chi connectivity index (χ4v) is 4.05. The summed E-state index contributed by atoms with van der Waals surface area (Å²) in [5.41, 5.74) is 0.177. The van der Waals surface area contributed by atoms with Gasteiger partial charge in [-0.1, -0.05) is 24.2 Å². The molecule has 2 aromatic carbocycles. The number of nitrogens with zero attached hydrogens (tertiary/aromatic N) is 2. The number of amides is 2. The lowest BCUT2D eigenvalue weighted by Crippen LogP contribution is -2.62. The topological polar surface area (TPSA) is 74.9 Å². The van der Waals surface area contributed by atoms with Gasteiger partial charge in [-0.3, -0.25) is 9.59 Å². The number of carbonyl (C=O) groups is 2. The first-order chi connectivity index (χ1) is 17.2. The summed E-state index contributed by atoms with van der Waals surface area (Å²) in [6.07, 6.45) is -0.410. The Balaban J connectivity index is 1.71. The van der Waals surface area contributed by atoms with Gasteiger partial charge in [-0.2, -0.15) is 0 Å². The number of benzene rings is 2. The molecule has 0 spiro atoms. The molecule has 1 aromatic heterocycles. The number of nitrogens with one attached hydrogen (secondary N) is 1. The molecule has 146 valence electrons. The molecule has 3 aliphatic rings. The van der Waals surface area contributed by atoms with Gasteiger partial charge in [-0.05, 0) is 29.3 Å². The van der Waals surface area contributed by atoms with Crippen molar-refractivity contribution in [2.45, 2.75) is 18.5 Å². The van der Waals surface area contributed by atoms with Crippen LogP contribution in [-0.4, -0.2) is 53.0 Å². The zero-order chi connectivity index (χ0) is 26.8. The Morgan fingerprint density at radius 2 is 2.07 bits per heavy atom. The van der Waals surface area contributed by atoms with E-state index < -0.39 is 61.2 Å². The Morgan fingerprint density at radius 1 is 1.24 bits per heavy atom. The Morgan fingerprint density at radius 3 is 2.97 bits per heavy atom. The number of carbonyl (C=O) groups excluding carboxylic acids is 2. The van der Waals surface area contributed by atoms with E-state index in [2.05, 4.69) is 4.98 Å². The van der Waals surface area contributed by atoms with Crippen molar-refractivity contribution in [3.05, 3.63) is 59.2 Å². The van der Waals surface area contributed by atoms with Crippen molar-refractivity contribution >= 4 is 22.7 Å². The predicted octanol–water partition coefficient (Wildman–Crippen LogP) is 2.21. The minimum atomic E-state index is -2.46. The second kappa shape index (κ2) is 5.76. The lowest BCUT2D eigenvalue weighted by molar-refractivity contribution is -0.157. The average Bonchev–Trinajstić information content (AvgIpc) is 3.35. The molecule has 1 N–H and O–H groups in total. The minimum absolute atomic E-state index is 0.00459. The first-order valence-corrected chi connectivity index (χ1v) is 8.93. The number of hydrogen-bond acceptors (Lipinski definition) is 4. The molecule has 7 heteroatoms. The van der Waals surface area contributed by atoms with Crippen LogP contribution in [0.4, 0.5) is 0 Å². The van der Waals surface area contributed by atoms with Gasteiger partial charge in [0.1, 0.15) is 8.76 Å². The van der Waals surface area contributed by atoms with E-state index in [-0.39, 0.29) is 45.8 Å². The Labute approximate surface area is 178 Å². The van der Waals surface area contributed by atoms with E-state index in [1.54, 1.807) is 0 Å². The molecule has 7 nitrogen and oxygen atoms in total. The van der Waals surface area contributed by atoms with Crippen molar-refractivity contribution in [1.29, 1.82) is 0 Å². The summed E-state index contributed by atoms with van der Waals surface area (Å²) < 4.78 is 77.7. The molecule has 3 aliphatic heterocycles. The van der Waals surface area contributed by atoms with Gasteiger partial charge < -0.3 is 24.3 Å². The second-order valence-electron chi connectivity index (χ2n) is 7.04. The van der Waals surface area contributed by atoms with Crippen molar-refractivity contribution in [3.8, 4) is 11.5 Å². The standard InChI is InChI=1S/C22H19N3O4/c1-24-10-19(26)25-16(22(24)27)9-14-13-4-2-3-5-15(13)23-20(14)21(25)12-6-7-17-18(8-12)29-11-28-17/h2-8,16,21,23H,9-11H2,1H3/t16-,21-/m1/s1/i2D,3D,4D,5D,11D2,16D,21D. The van der Waals surface area contributed by atoms with Gasteiger partial charge in [0.05, 0.1) is 20.8 Å². The van der Waals surface area contributed by atoms with E-state index >= 15 is 0 Å². The van der Waals surface area contributed by atoms with E-state index in [4.69, 9.17) is 17.7 Å². The Bertz CT molecular complexity index is 1580. The largest absolute Gasteiger partial charge is 0.454 e. The van der Waals surface area contributed by atoms with Crippen LogP contribution in [0, 0.1) is 0 Å². The summed E-state index contributed by atoms with van der Waals surface area (Å²) in [7, 11) is 1.37. The first-order valence-electron chi connectivity index (χ1n) is 12.9. The van der Waals surface area contributed by atoms with Crippen LogP contribution in [0.15, 0.2) is 42.4 Å². The molecule has 3 aromatic rings. The highest BCUT2D eigenvalue weighted by molar-refractivity contribution is 5.97. The summed E-state index contributed by atoms with van der Waals surface area (Å²) in [5.74, 6) is -1.43.